The van der Waals surface area contributed by atoms with Crippen molar-refractivity contribution in [1.29, 1.82) is 0 Å². The maximum atomic E-state index is 6.21. The van der Waals surface area contributed by atoms with Gasteiger partial charge in [0.15, 0.2) is 0 Å². The van der Waals surface area contributed by atoms with Gasteiger partial charge in [-0.3, -0.25) is 0 Å². The minimum absolute atomic E-state index is 0.518. The molecule has 1 saturated carbocycles. The second-order valence-corrected chi connectivity index (χ2v) is 15.4. The molecule has 0 amide bonds. The van der Waals surface area contributed by atoms with Crippen molar-refractivity contribution in [3.05, 3.63) is 41.9 Å². The minimum Gasteiger partial charge on any atom is -0.493 e. The number of ether oxygens (including phenoxy) is 2. The van der Waals surface area contributed by atoms with E-state index in [1.165, 1.54) is 18.4 Å². The Morgan fingerprint density at radius 1 is 1.10 bits per heavy atom. The van der Waals surface area contributed by atoms with E-state index in [2.05, 4.69) is 67.3 Å². The highest BCUT2D eigenvalue weighted by Crippen LogP contribution is 2.37. The van der Waals surface area contributed by atoms with Crippen LogP contribution in [-0.4, -0.2) is 35.8 Å². The molecule has 3 aromatic rings. The lowest BCUT2D eigenvalue weighted by molar-refractivity contribution is 0.0890. The maximum Gasteiger partial charge on any atom is 0.128 e. The maximum absolute atomic E-state index is 6.21. The van der Waals surface area contributed by atoms with E-state index >= 15 is 0 Å². The lowest BCUT2D eigenvalue weighted by Crippen LogP contribution is -2.22. The van der Waals surface area contributed by atoms with Crippen molar-refractivity contribution in [3.63, 3.8) is 0 Å². The fourth-order valence-corrected chi connectivity index (χ4v) is 4.32. The van der Waals surface area contributed by atoms with E-state index in [1.54, 1.807) is 6.33 Å². The van der Waals surface area contributed by atoms with Crippen molar-refractivity contribution in [2.24, 2.45) is 5.92 Å². The first-order chi connectivity index (χ1) is 14.3. The number of benzene rings is 1. The third-order valence-corrected chi connectivity index (χ3v) is 7.37. The van der Waals surface area contributed by atoms with Crippen LogP contribution in [0.3, 0.4) is 0 Å². The van der Waals surface area contributed by atoms with Crippen molar-refractivity contribution in [2.45, 2.75) is 59.1 Å². The zero-order valence-corrected chi connectivity index (χ0v) is 19.9. The quantitative estimate of drug-likeness (QED) is 0.322. The summed E-state index contributed by atoms with van der Waals surface area (Å²) in [4.78, 5) is 9.23. The molecule has 2 heterocycles. The SMILES string of the molecule is Cc1ccc(OCC2CC2)c(-c2ncnc3cc(C)n(COCC[Si](C)(C)C)c23)c1. The predicted molar refractivity (Wildman–Crippen MR) is 125 cm³/mol. The Balaban J connectivity index is 1.68. The van der Waals surface area contributed by atoms with Crippen LogP contribution in [0.1, 0.15) is 24.1 Å². The van der Waals surface area contributed by atoms with Gasteiger partial charge >= 0.3 is 0 Å². The van der Waals surface area contributed by atoms with Crippen LogP contribution < -0.4 is 4.74 Å². The molecule has 4 rings (SSSR count). The van der Waals surface area contributed by atoms with Gasteiger partial charge in [0.1, 0.15) is 24.5 Å². The molecule has 0 saturated heterocycles. The van der Waals surface area contributed by atoms with E-state index in [4.69, 9.17) is 14.5 Å². The Labute approximate surface area is 180 Å². The first-order valence-electron chi connectivity index (χ1n) is 10.9. The molecule has 1 fully saturated rings. The molecule has 1 aliphatic rings. The second-order valence-electron chi connectivity index (χ2n) is 9.77. The molecule has 0 bridgehead atoms. The highest BCUT2D eigenvalue weighted by Gasteiger charge is 2.23. The van der Waals surface area contributed by atoms with E-state index in [1.807, 2.05) is 0 Å². The van der Waals surface area contributed by atoms with Crippen LogP contribution in [0.5, 0.6) is 5.75 Å². The molecule has 160 valence electrons. The molecule has 1 aromatic carbocycles. The lowest BCUT2D eigenvalue weighted by atomic mass is 10.1. The first-order valence-corrected chi connectivity index (χ1v) is 14.6. The summed E-state index contributed by atoms with van der Waals surface area (Å²) in [5, 5.41) is 0. The van der Waals surface area contributed by atoms with Crippen molar-refractivity contribution >= 4 is 19.1 Å². The van der Waals surface area contributed by atoms with Gasteiger partial charge in [-0.1, -0.05) is 31.3 Å². The van der Waals surface area contributed by atoms with E-state index in [0.717, 1.165) is 53.0 Å². The van der Waals surface area contributed by atoms with Crippen LogP contribution in [0.2, 0.25) is 25.7 Å². The van der Waals surface area contributed by atoms with Crippen LogP contribution in [-0.2, 0) is 11.5 Å². The van der Waals surface area contributed by atoms with Crippen LogP contribution in [0.15, 0.2) is 30.6 Å². The van der Waals surface area contributed by atoms with Gasteiger partial charge in [0, 0.05) is 25.9 Å². The summed E-state index contributed by atoms with van der Waals surface area (Å²) in [5.41, 5.74) is 6.23. The van der Waals surface area contributed by atoms with E-state index in [-0.39, 0.29) is 0 Å². The van der Waals surface area contributed by atoms with Gasteiger partial charge in [-0.2, -0.15) is 0 Å². The number of hydrogen-bond donors (Lipinski definition) is 0. The minimum atomic E-state index is -1.11. The van der Waals surface area contributed by atoms with E-state index < -0.39 is 8.07 Å². The summed E-state index contributed by atoms with van der Waals surface area (Å²) in [6, 6.07) is 9.62. The molecular weight excluding hydrogens is 390 g/mol. The van der Waals surface area contributed by atoms with Crippen molar-refractivity contribution in [2.75, 3.05) is 13.2 Å². The third kappa shape index (κ3) is 4.93. The number of aromatic nitrogens is 3. The summed E-state index contributed by atoms with van der Waals surface area (Å²) in [6.45, 7) is 13.4. The van der Waals surface area contributed by atoms with E-state index in [0.29, 0.717) is 12.6 Å². The Hall–Kier alpha value is -2.18. The number of rotatable bonds is 9. The third-order valence-electron chi connectivity index (χ3n) is 5.67. The molecule has 30 heavy (non-hydrogen) atoms. The topological polar surface area (TPSA) is 49.2 Å². The largest absolute Gasteiger partial charge is 0.493 e. The molecular formula is C24H33N3O2Si. The zero-order valence-electron chi connectivity index (χ0n) is 18.9. The molecule has 6 heteroatoms. The van der Waals surface area contributed by atoms with Gasteiger partial charge in [0.25, 0.3) is 0 Å². The summed E-state index contributed by atoms with van der Waals surface area (Å²) in [6.07, 6.45) is 4.20. The van der Waals surface area contributed by atoms with Gasteiger partial charge in [0.05, 0.1) is 17.6 Å². The van der Waals surface area contributed by atoms with Gasteiger partial charge in [0.2, 0.25) is 0 Å². The standard InChI is InChI=1S/C24H33N3O2Si/c1-17-6-9-22(29-14-19-7-8-19)20(12-17)23-24-21(25-15-26-23)13-18(2)27(24)16-28-10-11-30(3,4)5/h6,9,12-13,15,19H,7-8,10-11,14,16H2,1-5H3. The average molecular weight is 424 g/mol. The average Bonchev–Trinajstić information content (AvgIpc) is 3.45. The highest BCUT2D eigenvalue weighted by atomic mass is 28.3. The molecule has 0 N–H and O–H groups in total. The van der Waals surface area contributed by atoms with Crippen LogP contribution in [0, 0.1) is 19.8 Å². The van der Waals surface area contributed by atoms with Gasteiger partial charge in [-0.15, -0.1) is 0 Å². The number of fused-ring (bicyclic) bond motifs is 1. The summed E-state index contributed by atoms with van der Waals surface area (Å²) < 4.78 is 14.5. The van der Waals surface area contributed by atoms with Gasteiger partial charge in [-0.25, -0.2) is 9.97 Å². The number of hydrogen-bond acceptors (Lipinski definition) is 4. The monoisotopic (exact) mass is 423 g/mol. The Morgan fingerprint density at radius 3 is 2.63 bits per heavy atom. The molecule has 2 aromatic heterocycles. The molecule has 0 spiro atoms. The molecule has 0 radical (unpaired) electrons. The van der Waals surface area contributed by atoms with Crippen molar-refractivity contribution in [3.8, 4) is 17.0 Å². The summed E-state index contributed by atoms with van der Waals surface area (Å²) in [5.74, 6) is 1.60. The molecule has 0 atom stereocenters. The Morgan fingerprint density at radius 2 is 1.90 bits per heavy atom. The van der Waals surface area contributed by atoms with Gasteiger partial charge in [-0.05, 0) is 56.9 Å². The molecule has 1 aliphatic carbocycles. The highest BCUT2D eigenvalue weighted by molar-refractivity contribution is 6.76. The fourth-order valence-electron chi connectivity index (χ4n) is 3.56. The summed E-state index contributed by atoms with van der Waals surface area (Å²) in [7, 11) is -1.11. The predicted octanol–water partition coefficient (Wildman–Crippen LogP) is 5.82. The lowest BCUT2D eigenvalue weighted by Gasteiger charge is -2.17. The number of aryl methyl sites for hydroxylation is 2. The Bertz CT molecular complexity index is 1030. The van der Waals surface area contributed by atoms with Crippen LogP contribution >= 0.6 is 0 Å². The van der Waals surface area contributed by atoms with Crippen molar-refractivity contribution < 1.29 is 9.47 Å². The number of nitrogens with zero attached hydrogens (tertiary/aromatic N) is 3. The molecule has 5 nitrogen and oxygen atoms in total. The fraction of sp³-hybridized carbons (Fsp3) is 0.500. The van der Waals surface area contributed by atoms with E-state index in [9.17, 15) is 0 Å². The first kappa shape index (κ1) is 21.1. The Kier molecular flexibility index (Phi) is 5.98. The summed E-state index contributed by atoms with van der Waals surface area (Å²) >= 11 is 0. The smallest absolute Gasteiger partial charge is 0.128 e. The normalized spacial score (nSPS) is 14.4. The van der Waals surface area contributed by atoms with Gasteiger partial charge < -0.3 is 14.0 Å². The second kappa shape index (κ2) is 8.51. The van der Waals surface area contributed by atoms with Crippen molar-refractivity contribution in [1.82, 2.24) is 14.5 Å². The zero-order chi connectivity index (χ0) is 21.3. The molecule has 0 aliphatic heterocycles. The van der Waals surface area contributed by atoms with Crippen LogP contribution in [0.25, 0.3) is 22.3 Å². The molecule has 0 unspecified atom stereocenters. The van der Waals surface area contributed by atoms with Crippen LogP contribution in [0.4, 0.5) is 0 Å².